The Hall–Kier alpha value is -2.12. The summed E-state index contributed by atoms with van der Waals surface area (Å²) in [6.07, 6.45) is 9.75. The van der Waals surface area contributed by atoms with E-state index in [0.717, 1.165) is 12.8 Å². The van der Waals surface area contributed by atoms with Crippen molar-refractivity contribution < 1.29 is 50.5 Å². The average Bonchev–Trinajstić information content (AvgIpc) is 3.67. The Morgan fingerprint density at radius 2 is 1.24 bits per heavy atom. The molecule has 0 aliphatic heterocycles. The molecule has 0 N–H and O–H groups in total. The van der Waals surface area contributed by atoms with E-state index in [1.54, 1.807) is 26.6 Å². The third-order valence-electron chi connectivity index (χ3n) is 11.5. The fourth-order valence-electron chi connectivity index (χ4n) is 9.39. The normalized spacial score (nSPS) is 19.8. The zero-order valence-corrected chi connectivity index (χ0v) is 35.1. The maximum absolute atomic E-state index is 14.3. The minimum atomic E-state index is -2.80. The van der Waals surface area contributed by atoms with E-state index in [9.17, 15) is 4.39 Å². The summed E-state index contributed by atoms with van der Waals surface area (Å²) in [6, 6.07) is 17.7. The van der Waals surface area contributed by atoms with Gasteiger partial charge >= 0.3 is 292 Å². The predicted molar refractivity (Wildman–Crippen MR) is 197 cm³/mol. The van der Waals surface area contributed by atoms with Gasteiger partial charge in [-0.05, 0) is 0 Å². The van der Waals surface area contributed by atoms with Gasteiger partial charge in [-0.1, -0.05) is 0 Å². The third-order valence-corrected chi connectivity index (χ3v) is 19.3. The molecule has 0 nitrogen and oxygen atoms in total. The number of allylic oxidation sites excluding steroid dienone is 8. The molecule has 0 aromatic heterocycles. The first-order valence-electron chi connectivity index (χ1n) is 17.8. The number of benzene rings is 3. The largest absolute Gasteiger partial charge is 1.00 e. The molecule has 0 fully saturated rings. The van der Waals surface area contributed by atoms with Crippen molar-refractivity contribution in [3.05, 3.63) is 126 Å². The molecule has 0 heterocycles. The van der Waals surface area contributed by atoms with Gasteiger partial charge in [0.1, 0.15) is 0 Å². The molecule has 49 heavy (non-hydrogen) atoms. The molecule has 3 aromatic carbocycles. The Morgan fingerprint density at radius 3 is 1.67 bits per heavy atom. The molecule has 0 saturated heterocycles. The second kappa shape index (κ2) is 13.1. The van der Waals surface area contributed by atoms with E-state index in [2.05, 4.69) is 122 Å². The van der Waals surface area contributed by atoms with Gasteiger partial charge < -0.3 is 24.8 Å². The van der Waals surface area contributed by atoms with Gasteiger partial charge in [-0.25, -0.2) is 0 Å². The van der Waals surface area contributed by atoms with Crippen molar-refractivity contribution in [3.63, 3.8) is 0 Å². The number of fused-ring (bicyclic) bond motifs is 5. The summed E-state index contributed by atoms with van der Waals surface area (Å²) < 4.78 is 19.1. The van der Waals surface area contributed by atoms with Gasteiger partial charge in [0.15, 0.2) is 0 Å². The molecule has 256 valence electrons. The van der Waals surface area contributed by atoms with Gasteiger partial charge in [0.05, 0.1) is 0 Å². The van der Waals surface area contributed by atoms with E-state index in [4.69, 9.17) is 0 Å². The standard InChI is InChI=1S/C25H25.C13H21.C7H5F.2ClH.Zr/c1-14-12-24(3,4)22-8-16-7-17-9-23-19(15(2)13-25(23,5)6)11-21(17)20(16)10-18(14)22;1-6-10-8-11(7-2)12(9-10)13(3,4)5;1-6-2-4-7(8)5-3-6;;;/h7-13H,1-6H3;9-10H,6-7H2,1-5H3;1-5H;2*1H;/q;;;;;+2/p-2. The van der Waals surface area contributed by atoms with Crippen LogP contribution in [0.15, 0.2) is 81.2 Å². The molecule has 7 rings (SSSR count). The third kappa shape index (κ3) is 6.15. The van der Waals surface area contributed by atoms with Crippen LogP contribution < -0.4 is 24.8 Å². The molecule has 1 atom stereocenters. The van der Waals surface area contributed by atoms with E-state index < -0.39 is 21.3 Å². The zero-order valence-electron chi connectivity index (χ0n) is 31.1. The molecular weight excluding hydrogens is 722 g/mol. The van der Waals surface area contributed by atoms with Crippen LogP contribution in [0.5, 0.6) is 0 Å². The summed E-state index contributed by atoms with van der Waals surface area (Å²) in [6.45, 7) is 26.0. The van der Waals surface area contributed by atoms with E-state index >= 15 is 0 Å². The van der Waals surface area contributed by atoms with Crippen molar-refractivity contribution >= 4 is 14.9 Å². The van der Waals surface area contributed by atoms with Gasteiger partial charge in [0, 0.05) is 0 Å². The Labute approximate surface area is 315 Å². The Balaban J connectivity index is 0.00000234. The van der Waals surface area contributed by atoms with Gasteiger partial charge in [0.2, 0.25) is 0 Å². The van der Waals surface area contributed by atoms with Crippen molar-refractivity contribution in [3.8, 4) is 11.1 Å². The number of halogens is 3. The van der Waals surface area contributed by atoms with Gasteiger partial charge in [0.25, 0.3) is 0 Å². The van der Waals surface area contributed by atoms with Crippen LogP contribution in [-0.2, 0) is 32.1 Å². The maximum Gasteiger partial charge on any atom is -1.00 e. The fraction of sp³-hybridized carbons (Fsp3) is 0.400. The summed E-state index contributed by atoms with van der Waals surface area (Å²) >= 11 is -2.80. The number of hydrogen-bond donors (Lipinski definition) is 0. The molecule has 1 unspecified atom stereocenters. The molecule has 0 spiro atoms. The predicted octanol–water partition coefficient (Wildman–Crippen LogP) is 6.44. The van der Waals surface area contributed by atoms with Crippen LogP contribution in [0.1, 0.15) is 132 Å². The maximum atomic E-state index is 14.3. The minimum Gasteiger partial charge on any atom is -1.00 e. The molecule has 0 amide bonds. The topological polar surface area (TPSA) is 0 Å². The SMILES string of the molecule is CCC1=[C](/[Zr+2](=[CH]\c2ccc(F)cc2)[CH]2c3cc4c(cc3-c3cc5c(cc32)C(C)(C)C=C5C)C(C)=CC4(C)C)C(CC)C=C1C(C)(C)C.[Cl-].[Cl-]. The smallest absolute Gasteiger partial charge is 1.00 e. The van der Waals surface area contributed by atoms with Crippen molar-refractivity contribution in [2.45, 2.75) is 103 Å². The Morgan fingerprint density at radius 1 is 0.755 bits per heavy atom. The zero-order chi connectivity index (χ0) is 33.8. The van der Waals surface area contributed by atoms with Gasteiger partial charge in [-0.2, -0.15) is 0 Å². The molecule has 4 heteroatoms. The van der Waals surface area contributed by atoms with Crippen LogP contribution in [0.2, 0.25) is 0 Å². The summed E-state index contributed by atoms with van der Waals surface area (Å²) in [5.74, 6) is 0.296. The quantitative estimate of drug-likeness (QED) is 0.281. The second-order valence-corrected chi connectivity index (χ2v) is 22.4. The van der Waals surface area contributed by atoms with Crippen LogP contribution in [0.4, 0.5) is 4.39 Å². The summed E-state index contributed by atoms with van der Waals surface area (Å²) in [7, 11) is 0. The van der Waals surface area contributed by atoms with Crippen LogP contribution in [0.25, 0.3) is 22.3 Å². The Bertz CT molecular complexity index is 1920. The van der Waals surface area contributed by atoms with E-state index in [1.165, 1.54) is 61.2 Å². The molecule has 3 aromatic rings. The average molecular weight is 773 g/mol. The number of rotatable bonds is 5. The summed E-state index contributed by atoms with van der Waals surface area (Å²) in [5, 5.41) is 0. The fourth-order valence-corrected chi connectivity index (χ4v) is 18.5. The molecule has 0 bridgehead atoms. The number of hydrogen-bond acceptors (Lipinski definition) is 0. The van der Waals surface area contributed by atoms with Gasteiger partial charge in [-0.3, -0.25) is 0 Å². The van der Waals surface area contributed by atoms with Crippen LogP contribution >= 0.6 is 0 Å². The first kappa shape index (κ1) is 38.1. The molecule has 0 saturated carbocycles. The first-order valence-corrected chi connectivity index (χ1v) is 21.8. The van der Waals surface area contributed by atoms with Crippen molar-refractivity contribution in [1.29, 1.82) is 0 Å². The van der Waals surface area contributed by atoms with E-state index in [1.807, 2.05) is 12.1 Å². The second-order valence-electron chi connectivity index (χ2n) is 16.7. The molecule has 4 aliphatic rings. The van der Waals surface area contributed by atoms with Gasteiger partial charge in [-0.15, -0.1) is 0 Å². The van der Waals surface area contributed by atoms with Crippen LogP contribution in [0.3, 0.4) is 0 Å². The minimum absolute atomic E-state index is 0. The molecular formula is C45H51Cl2FZr. The molecule has 0 radical (unpaired) electrons. The van der Waals surface area contributed by atoms with Crippen molar-refractivity contribution in [1.82, 2.24) is 0 Å². The van der Waals surface area contributed by atoms with E-state index in [0.29, 0.717) is 9.54 Å². The van der Waals surface area contributed by atoms with Crippen LogP contribution in [0, 0.1) is 17.2 Å². The monoisotopic (exact) mass is 770 g/mol. The summed E-state index contributed by atoms with van der Waals surface area (Å²) in [4.78, 5) is 0. The summed E-state index contributed by atoms with van der Waals surface area (Å²) in [5.41, 5.74) is 19.0. The first-order chi connectivity index (χ1) is 22.1. The van der Waals surface area contributed by atoms with Crippen LogP contribution in [-0.4, -0.2) is 3.71 Å². The Kier molecular flexibility index (Phi) is 10.2. The van der Waals surface area contributed by atoms with Crippen molar-refractivity contribution in [2.75, 3.05) is 0 Å². The molecule has 4 aliphatic carbocycles. The van der Waals surface area contributed by atoms with Crippen molar-refractivity contribution in [2.24, 2.45) is 11.3 Å². The van der Waals surface area contributed by atoms with E-state index in [-0.39, 0.29) is 46.9 Å².